The highest BCUT2D eigenvalue weighted by Crippen LogP contribution is 2.23. The van der Waals surface area contributed by atoms with E-state index in [4.69, 9.17) is 16.3 Å². The van der Waals surface area contributed by atoms with Crippen LogP contribution in [0.3, 0.4) is 0 Å². The van der Waals surface area contributed by atoms with Crippen molar-refractivity contribution in [3.05, 3.63) is 80.8 Å². The molecule has 0 unspecified atom stereocenters. The van der Waals surface area contributed by atoms with Gasteiger partial charge < -0.3 is 10.1 Å². The van der Waals surface area contributed by atoms with Gasteiger partial charge in [-0.15, -0.1) is 11.3 Å². The number of nitrogens with one attached hydrogen (secondary N) is 1. The zero-order valence-corrected chi connectivity index (χ0v) is 15.0. The first kappa shape index (κ1) is 17.5. The van der Waals surface area contributed by atoms with Crippen molar-refractivity contribution in [2.45, 2.75) is 13.5 Å². The van der Waals surface area contributed by atoms with Crippen molar-refractivity contribution in [1.82, 2.24) is 0 Å². The molecular formula is C19H15ClFNO2S. The molecule has 0 aliphatic rings. The van der Waals surface area contributed by atoms with Crippen LogP contribution in [0.15, 0.2) is 53.9 Å². The molecule has 0 aliphatic heterocycles. The normalized spacial score (nSPS) is 10.5. The smallest absolute Gasteiger partial charge is 0.265 e. The predicted molar refractivity (Wildman–Crippen MR) is 99.2 cm³/mol. The van der Waals surface area contributed by atoms with Gasteiger partial charge in [-0.05, 0) is 48.2 Å². The molecule has 0 saturated heterocycles. The lowest BCUT2D eigenvalue weighted by atomic mass is 10.2. The van der Waals surface area contributed by atoms with E-state index >= 15 is 0 Å². The number of anilines is 1. The van der Waals surface area contributed by atoms with Crippen molar-refractivity contribution >= 4 is 34.5 Å². The highest BCUT2D eigenvalue weighted by Gasteiger charge is 2.12. The molecule has 1 heterocycles. The summed E-state index contributed by atoms with van der Waals surface area (Å²) in [6.07, 6.45) is 0. The van der Waals surface area contributed by atoms with E-state index in [1.165, 1.54) is 17.4 Å². The van der Waals surface area contributed by atoms with E-state index in [0.717, 1.165) is 11.1 Å². The zero-order chi connectivity index (χ0) is 17.8. The molecule has 0 spiro atoms. The summed E-state index contributed by atoms with van der Waals surface area (Å²) in [5.41, 5.74) is 2.41. The van der Waals surface area contributed by atoms with Gasteiger partial charge in [-0.1, -0.05) is 29.8 Å². The maximum absolute atomic E-state index is 13.5. The second-order valence-electron chi connectivity index (χ2n) is 5.45. The van der Waals surface area contributed by atoms with Gasteiger partial charge in [0, 0.05) is 16.3 Å². The fourth-order valence-corrected chi connectivity index (χ4v) is 3.17. The first-order chi connectivity index (χ1) is 12.0. The van der Waals surface area contributed by atoms with Crippen LogP contribution in [-0.2, 0) is 6.61 Å². The molecule has 3 aromatic rings. The number of hydrogen-bond donors (Lipinski definition) is 1. The minimum atomic E-state index is -0.410. The Morgan fingerprint density at radius 2 is 2.04 bits per heavy atom. The lowest BCUT2D eigenvalue weighted by Gasteiger charge is -2.07. The van der Waals surface area contributed by atoms with Gasteiger partial charge in [0.1, 0.15) is 6.61 Å². The van der Waals surface area contributed by atoms with Gasteiger partial charge in [0.05, 0.1) is 4.88 Å². The second-order valence-corrected chi connectivity index (χ2v) is 6.80. The Morgan fingerprint density at radius 1 is 1.24 bits per heavy atom. The maximum Gasteiger partial charge on any atom is 0.265 e. The number of aryl methyl sites for hydroxylation is 1. The van der Waals surface area contributed by atoms with Crippen LogP contribution in [0.25, 0.3) is 0 Å². The Morgan fingerprint density at radius 3 is 2.84 bits per heavy atom. The number of hydrogen-bond acceptors (Lipinski definition) is 3. The van der Waals surface area contributed by atoms with E-state index < -0.39 is 5.82 Å². The highest BCUT2D eigenvalue weighted by atomic mass is 35.5. The summed E-state index contributed by atoms with van der Waals surface area (Å²) in [5, 5.41) is 5.23. The fourth-order valence-electron chi connectivity index (χ4n) is 2.21. The third-order valence-corrected chi connectivity index (χ3v) is 4.77. The first-order valence-electron chi connectivity index (χ1n) is 7.55. The fraction of sp³-hybridized carbons (Fsp3) is 0.105. The van der Waals surface area contributed by atoms with E-state index in [-0.39, 0.29) is 18.3 Å². The summed E-state index contributed by atoms with van der Waals surface area (Å²) in [6.45, 7) is 2.09. The van der Waals surface area contributed by atoms with Crippen LogP contribution in [-0.4, -0.2) is 5.91 Å². The van der Waals surface area contributed by atoms with Crippen LogP contribution in [0.1, 0.15) is 20.8 Å². The largest absolute Gasteiger partial charge is 0.486 e. The molecule has 1 aromatic heterocycles. The summed E-state index contributed by atoms with van der Waals surface area (Å²) < 4.78 is 19.0. The molecule has 0 atom stereocenters. The van der Waals surface area contributed by atoms with Gasteiger partial charge in [0.25, 0.3) is 5.91 Å². The van der Waals surface area contributed by atoms with Crippen molar-refractivity contribution in [3.8, 4) is 5.75 Å². The first-order valence-corrected chi connectivity index (χ1v) is 8.81. The van der Waals surface area contributed by atoms with Gasteiger partial charge in [0.15, 0.2) is 11.6 Å². The number of rotatable bonds is 5. The van der Waals surface area contributed by atoms with E-state index in [1.54, 1.807) is 36.4 Å². The molecular weight excluding hydrogens is 361 g/mol. The van der Waals surface area contributed by atoms with Gasteiger partial charge >= 0.3 is 0 Å². The summed E-state index contributed by atoms with van der Waals surface area (Å²) in [7, 11) is 0. The third-order valence-electron chi connectivity index (χ3n) is 3.56. The SMILES string of the molecule is Cc1ccc(Cl)cc1NC(=O)c1cc(COc2ccccc2F)cs1. The van der Waals surface area contributed by atoms with Crippen LogP contribution in [0.5, 0.6) is 5.75 Å². The molecule has 2 aromatic carbocycles. The van der Waals surface area contributed by atoms with E-state index in [0.29, 0.717) is 15.6 Å². The molecule has 128 valence electrons. The lowest BCUT2D eigenvalue weighted by molar-refractivity contribution is 0.103. The molecule has 3 rings (SSSR count). The average Bonchev–Trinajstić information content (AvgIpc) is 3.06. The van der Waals surface area contributed by atoms with Crippen molar-refractivity contribution in [1.29, 1.82) is 0 Å². The summed E-state index contributed by atoms with van der Waals surface area (Å²) in [4.78, 5) is 12.9. The number of halogens is 2. The molecule has 25 heavy (non-hydrogen) atoms. The Kier molecular flexibility index (Phi) is 5.36. The van der Waals surface area contributed by atoms with Crippen molar-refractivity contribution in [2.75, 3.05) is 5.32 Å². The molecule has 1 N–H and O–H groups in total. The van der Waals surface area contributed by atoms with E-state index in [9.17, 15) is 9.18 Å². The quantitative estimate of drug-likeness (QED) is 0.623. The highest BCUT2D eigenvalue weighted by molar-refractivity contribution is 7.12. The lowest BCUT2D eigenvalue weighted by Crippen LogP contribution is -2.11. The predicted octanol–water partition coefficient (Wildman–Crippen LogP) is 5.68. The average molecular weight is 376 g/mol. The van der Waals surface area contributed by atoms with Crippen LogP contribution in [0, 0.1) is 12.7 Å². The minimum Gasteiger partial charge on any atom is -0.486 e. The van der Waals surface area contributed by atoms with Crippen molar-refractivity contribution in [3.63, 3.8) is 0 Å². The number of benzene rings is 2. The van der Waals surface area contributed by atoms with Gasteiger partial charge in [0.2, 0.25) is 0 Å². The number of para-hydroxylation sites is 1. The Hall–Kier alpha value is -2.37. The number of thiophene rings is 1. The van der Waals surface area contributed by atoms with Gasteiger partial charge in [-0.2, -0.15) is 0 Å². The van der Waals surface area contributed by atoms with Crippen LogP contribution in [0.2, 0.25) is 5.02 Å². The molecule has 6 heteroatoms. The number of amides is 1. The van der Waals surface area contributed by atoms with Crippen LogP contribution >= 0.6 is 22.9 Å². The molecule has 0 aliphatic carbocycles. The van der Waals surface area contributed by atoms with Crippen LogP contribution < -0.4 is 10.1 Å². The molecule has 0 radical (unpaired) electrons. The monoisotopic (exact) mass is 375 g/mol. The van der Waals surface area contributed by atoms with E-state index in [2.05, 4.69) is 5.32 Å². The molecule has 0 fully saturated rings. The number of carbonyl (C=O) groups is 1. The summed E-state index contributed by atoms with van der Waals surface area (Å²) in [6, 6.07) is 13.3. The van der Waals surface area contributed by atoms with Gasteiger partial charge in [-0.25, -0.2) is 4.39 Å². The van der Waals surface area contributed by atoms with Gasteiger partial charge in [-0.3, -0.25) is 4.79 Å². The minimum absolute atomic E-state index is 0.189. The Bertz CT molecular complexity index is 910. The standard InChI is InChI=1S/C19H15ClFNO2S/c1-12-6-7-14(20)9-16(12)22-19(23)18-8-13(11-25-18)10-24-17-5-3-2-4-15(17)21/h2-9,11H,10H2,1H3,(H,22,23). The molecule has 1 amide bonds. The van der Waals surface area contributed by atoms with Crippen molar-refractivity contribution < 1.29 is 13.9 Å². The Balaban J connectivity index is 1.65. The summed E-state index contributed by atoms with van der Waals surface area (Å²) in [5.74, 6) is -0.436. The van der Waals surface area contributed by atoms with Crippen LogP contribution in [0.4, 0.5) is 10.1 Å². The maximum atomic E-state index is 13.5. The third kappa shape index (κ3) is 4.38. The zero-order valence-electron chi connectivity index (χ0n) is 13.4. The number of ether oxygens (including phenoxy) is 1. The second kappa shape index (κ2) is 7.68. The molecule has 0 bridgehead atoms. The topological polar surface area (TPSA) is 38.3 Å². The Labute approximate surface area is 154 Å². The number of carbonyl (C=O) groups excluding carboxylic acids is 1. The molecule has 0 saturated carbocycles. The molecule has 3 nitrogen and oxygen atoms in total. The summed E-state index contributed by atoms with van der Waals surface area (Å²) >= 11 is 7.27. The van der Waals surface area contributed by atoms with Crippen molar-refractivity contribution in [2.24, 2.45) is 0 Å². The van der Waals surface area contributed by atoms with E-state index in [1.807, 2.05) is 18.4 Å².